The normalized spacial score (nSPS) is 10.8. The highest BCUT2D eigenvalue weighted by molar-refractivity contribution is 7.90. The topological polar surface area (TPSA) is 118 Å². The van der Waals surface area contributed by atoms with Crippen molar-refractivity contribution in [1.82, 2.24) is 9.71 Å². The fourth-order valence-corrected chi connectivity index (χ4v) is 3.09. The fourth-order valence-electron chi connectivity index (χ4n) is 2.07. The molecule has 0 unspecified atom stereocenters. The van der Waals surface area contributed by atoms with Gasteiger partial charge in [0.2, 0.25) is 0 Å². The van der Waals surface area contributed by atoms with Gasteiger partial charge in [-0.1, -0.05) is 12.1 Å². The zero-order valence-corrected chi connectivity index (χ0v) is 14.4. The van der Waals surface area contributed by atoms with Gasteiger partial charge in [-0.05, 0) is 37.6 Å². The van der Waals surface area contributed by atoms with Crippen LogP contribution < -0.4 is 9.73 Å². The standard InChI is InChI=1S/C15H16N4O5S/c1-3-24-15(20)17-25(22,23)14-10-16-8-7-13(14)19(18-21)12-6-4-5-11(2)9-12/h4-10H,3H2,1-2H3,(H,17,20). The maximum atomic E-state index is 12.4. The second kappa shape index (κ2) is 7.71. The molecule has 0 saturated carbocycles. The van der Waals surface area contributed by atoms with Gasteiger partial charge in [0.25, 0.3) is 10.0 Å². The monoisotopic (exact) mass is 364 g/mol. The first-order valence-corrected chi connectivity index (χ1v) is 8.71. The van der Waals surface area contributed by atoms with E-state index in [1.165, 1.54) is 19.2 Å². The molecule has 9 nitrogen and oxygen atoms in total. The largest absolute Gasteiger partial charge is 0.449 e. The summed E-state index contributed by atoms with van der Waals surface area (Å²) in [4.78, 5) is 26.2. The molecule has 0 aliphatic carbocycles. The van der Waals surface area contributed by atoms with Gasteiger partial charge in [0, 0.05) is 12.4 Å². The molecule has 10 heteroatoms. The average Bonchev–Trinajstić information content (AvgIpc) is 2.56. The molecule has 1 aromatic heterocycles. The van der Waals surface area contributed by atoms with Gasteiger partial charge in [-0.25, -0.2) is 17.9 Å². The van der Waals surface area contributed by atoms with Crippen LogP contribution in [0, 0.1) is 11.8 Å². The van der Waals surface area contributed by atoms with Crippen LogP contribution >= 0.6 is 0 Å². The van der Waals surface area contributed by atoms with Crippen molar-refractivity contribution in [3.05, 3.63) is 53.2 Å². The van der Waals surface area contributed by atoms with Gasteiger partial charge < -0.3 is 4.74 Å². The van der Waals surface area contributed by atoms with E-state index < -0.39 is 16.1 Å². The Labute approximate surface area is 144 Å². The second-order valence-corrected chi connectivity index (χ2v) is 6.55. The van der Waals surface area contributed by atoms with Crippen molar-refractivity contribution in [1.29, 1.82) is 0 Å². The Hall–Kier alpha value is -3.01. The molecule has 1 amide bonds. The molecule has 1 aromatic carbocycles. The molecule has 2 rings (SSSR count). The van der Waals surface area contributed by atoms with Gasteiger partial charge in [0.1, 0.15) is 4.90 Å². The molecule has 0 saturated heterocycles. The van der Waals surface area contributed by atoms with E-state index in [1.54, 1.807) is 22.9 Å². The van der Waals surface area contributed by atoms with E-state index in [0.29, 0.717) is 5.69 Å². The molecule has 1 heterocycles. The number of hydrogen-bond acceptors (Lipinski definition) is 7. The maximum Gasteiger partial charge on any atom is 0.421 e. The number of aromatic nitrogens is 1. The van der Waals surface area contributed by atoms with E-state index in [-0.39, 0.29) is 17.2 Å². The Morgan fingerprint density at radius 2 is 2.12 bits per heavy atom. The third-order valence-electron chi connectivity index (χ3n) is 3.10. The fraction of sp³-hybridized carbons (Fsp3) is 0.200. The van der Waals surface area contributed by atoms with Crippen LogP contribution in [0.5, 0.6) is 0 Å². The summed E-state index contributed by atoms with van der Waals surface area (Å²) >= 11 is 0. The van der Waals surface area contributed by atoms with Crippen LogP contribution in [0.1, 0.15) is 12.5 Å². The summed E-state index contributed by atoms with van der Waals surface area (Å²) in [6.07, 6.45) is 1.20. The third kappa shape index (κ3) is 4.29. The van der Waals surface area contributed by atoms with Crippen LogP contribution in [0.15, 0.2) is 52.9 Å². The van der Waals surface area contributed by atoms with Gasteiger partial charge in [-0.3, -0.25) is 4.98 Å². The molecule has 25 heavy (non-hydrogen) atoms. The van der Waals surface area contributed by atoms with Gasteiger partial charge >= 0.3 is 6.09 Å². The van der Waals surface area contributed by atoms with Gasteiger partial charge in [0.15, 0.2) is 0 Å². The van der Waals surface area contributed by atoms with E-state index in [0.717, 1.165) is 16.8 Å². The lowest BCUT2D eigenvalue weighted by Crippen LogP contribution is -2.32. The van der Waals surface area contributed by atoms with E-state index in [9.17, 15) is 18.1 Å². The molecular formula is C15H16N4O5S. The molecule has 0 radical (unpaired) electrons. The van der Waals surface area contributed by atoms with Crippen LogP contribution in [0.4, 0.5) is 16.2 Å². The highest BCUT2D eigenvalue weighted by Gasteiger charge is 2.26. The third-order valence-corrected chi connectivity index (χ3v) is 4.43. The maximum absolute atomic E-state index is 12.4. The number of anilines is 2. The van der Waals surface area contributed by atoms with E-state index >= 15 is 0 Å². The number of hydrogen-bond donors (Lipinski definition) is 1. The summed E-state index contributed by atoms with van der Waals surface area (Å²) in [5, 5.41) is 3.82. The number of amides is 1. The van der Waals surface area contributed by atoms with Crippen molar-refractivity contribution >= 4 is 27.5 Å². The van der Waals surface area contributed by atoms with Gasteiger partial charge in [-0.2, -0.15) is 5.01 Å². The number of nitrogens with zero attached hydrogens (tertiary/aromatic N) is 3. The van der Waals surface area contributed by atoms with E-state index in [2.05, 4.69) is 15.0 Å². The van der Waals surface area contributed by atoms with Gasteiger partial charge in [0.05, 0.1) is 23.3 Å². The van der Waals surface area contributed by atoms with Crippen LogP contribution in [0.2, 0.25) is 0 Å². The highest BCUT2D eigenvalue weighted by atomic mass is 32.2. The highest BCUT2D eigenvalue weighted by Crippen LogP contribution is 2.31. The SMILES string of the molecule is CCOC(=O)NS(=O)(=O)c1cnccc1N(N=O)c1cccc(C)c1. The molecule has 0 spiro atoms. The minimum absolute atomic E-state index is 0.00651. The number of carbonyl (C=O) groups excluding carboxylic acids is 1. The molecule has 1 N–H and O–H groups in total. The first-order valence-electron chi connectivity index (χ1n) is 7.22. The number of rotatable bonds is 6. The van der Waals surface area contributed by atoms with Crippen LogP contribution in [-0.2, 0) is 14.8 Å². The van der Waals surface area contributed by atoms with Crippen molar-refractivity contribution in [3.63, 3.8) is 0 Å². The smallest absolute Gasteiger partial charge is 0.421 e. The summed E-state index contributed by atoms with van der Waals surface area (Å²) in [6, 6.07) is 8.10. The second-order valence-electron chi connectivity index (χ2n) is 4.90. The summed E-state index contributed by atoms with van der Waals surface area (Å²) < 4.78 is 31.2. The van der Waals surface area contributed by atoms with Crippen molar-refractivity contribution < 1.29 is 17.9 Å². The average molecular weight is 364 g/mol. The lowest BCUT2D eigenvalue weighted by molar-refractivity contribution is 0.158. The Morgan fingerprint density at radius 1 is 1.36 bits per heavy atom. The van der Waals surface area contributed by atoms with Crippen molar-refractivity contribution in [2.45, 2.75) is 18.7 Å². The molecule has 0 aliphatic rings. The number of nitroso groups, excluding NO2 is 1. The van der Waals surface area contributed by atoms with Gasteiger partial charge in [-0.15, -0.1) is 4.91 Å². The lowest BCUT2D eigenvalue weighted by Gasteiger charge is -2.19. The molecule has 2 aromatic rings. The molecule has 0 fully saturated rings. The Balaban J connectivity index is 2.49. The van der Waals surface area contributed by atoms with Crippen LogP contribution in [-0.4, -0.2) is 26.1 Å². The Kier molecular flexibility index (Phi) is 5.65. The summed E-state index contributed by atoms with van der Waals surface area (Å²) in [6.45, 7) is 3.36. The number of carbonyl (C=O) groups is 1. The lowest BCUT2D eigenvalue weighted by atomic mass is 10.2. The van der Waals surface area contributed by atoms with Crippen LogP contribution in [0.25, 0.3) is 0 Å². The molecule has 0 bridgehead atoms. The summed E-state index contributed by atoms with van der Waals surface area (Å²) in [5.74, 6) is 0. The Bertz CT molecular complexity index is 885. The van der Waals surface area contributed by atoms with Crippen molar-refractivity contribution in [2.75, 3.05) is 11.6 Å². The number of nitrogens with one attached hydrogen (secondary N) is 1. The number of benzene rings is 1. The molecule has 0 aliphatic heterocycles. The number of aryl methyl sites for hydroxylation is 1. The zero-order valence-electron chi connectivity index (χ0n) is 13.5. The number of sulfonamides is 1. The van der Waals surface area contributed by atoms with Crippen molar-refractivity contribution in [2.24, 2.45) is 5.29 Å². The molecule has 132 valence electrons. The summed E-state index contributed by atoms with van der Waals surface area (Å²) in [7, 11) is -4.31. The first kappa shape index (κ1) is 18.3. The van der Waals surface area contributed by atoms with Crippen LogP contribution in [0.3, 0.4) is 0 Å². The predicted molar refractivity (Wildman–Crippen MR) is 90.7 cm³/mol. The summed E-state index contributed by atoms with van der Waals surface area (Å²) in [5.41, 5.74) is 1.18. The van der Waals surface area contributed by atoms with E-state index in [4.69, 9.17) is 0 Å². The van der Waals surface area contributed by atoms with Crippen molar-refractivity contribution in [3.8, 4) is 0 Å². The minimum Gasteiger partial charge on any atom is -0.449 e. The molecular weight excluding hydrogens is 348 g/mol. The predicted octanol–water partition coefficient (Wildman–Crippen LogP) is 2.64. The Morgan fingerprint density at radius 3 is 2.76 bits per heavy atom. The minimum atomic E-state index is -4.31. The first-order chi connectivity index (χ1) is 11.9. The van der Waals surface area contributed by atoms with E-state index in [1.807, 2.05) is 13.0 Å². The zero-order chi connectivity index (χ0) is 18.4. The molecule has 0 atom stereocenters. The quantitative estimate of drug-likeness (QED) is 0.618. The number of pyridine rings is 1. The number of ether oxygens (including phenoxy) is 1.